The molecule has 1 fully saturated rings. The van der Waals surface area contributed by atoms with Crippen LogP contribution in [0.1, 0.15) is 23.2 Å². The van der Waals surface area contributed by atoms with E-state index in [9.17, 15) is 13.6 Å². The predicted molar refractivity (Wildman–Crippen MR) is 68.4 cm³/mol. The lowest BCUT2D eigenvalue weighted by Crippen LogP contribution is -2.41. The van der Waals surface area contributed by atoms with E-state index >= 15 is 0 Å². The Bertz CT molecular complexity index is 520. The molecule has 108 valence electrons. The molecule has 0 unspecified atom stereocenters. The van der Waals surface area contributed by atoms with Crippen molar-refractivity contribution >= 4 is 11.7 Å². The number of nitrogens with two attached hydrogens (primary N) is 1. The number of carbonyl (C=O) groups is 1. The number of rotatable bonds is 2. The van der Waals surface area contributed by atoms with Crippen LogP contribution in [0.2, 0.25) is 0 Å². The standard InChI is InChI=1S/C13H15F2N3O2/c14-10-5-9(6-11(15)7-10)13(19)18-3-1-8(2-4-18)12(16)17-20/h5-8,20H,1-4H2,(H2,16,17). The van der Waals surface area contributed by atoms with Crippen LogP contribution >= 0.6 is 0 Å². The summed E-state index contributed by atoms with van der Waals surface area (Å²) in [5.74, 6) is -1.90. The van der Waals surface area contributed by atoms with Crippen LogP contribution in [-0.4, -0.2) is 34.9 Å². The SMILES string of the molecule is NC(=NO)C1CCN(C(=O)c2cc(F)cc(F)c2)CC1. The lowest BCUT2D eigenvalue weighted by Gasteiger charge is -2.31. The molecule has 0 atom stereocenters. The number of oxime groups is 1. The number of benzene rings is 1. The summed E-state index contributed by atoms with van der Waals surface area (Å²) in [4.78, 5) is 13.6. The second-order valence-corrected chi connectivity index (χ2v) is 4.75. The lowest BCUT2D eigenvalue weighted by molar-refractivity contribution is 0.0708. The highest BCUT2D eigenvalue weighted by atomic mass is 19.1. The van der Waals surface area contributed by atoms with E-state index in [1.165, 1.54) is 4.90 Å². The maximum Gasteiger partial charge on any atom is 0.254 e. The molecule has 0 spiro atoms. The fourth-order valence-corrected chi connectivity index (χ4v) is 2.32. The molecule has 0 aliphatic carbocycles. The third kappa shape index (κ3) is 3.04. The van der Waals surface area contributed by atoms with Crippen molar-refractivity contribution in [1.29, 1.82) is 0 Å². The molecular weight excluding hydrogens is 268 g/mol. The Kier molecular flexibility index (Phi) is 4.16. The Balaban J connectivity index is 2.05. The normalized spacial score (nSPS) is 17.3. The predicted octanol–water partition coefficient (Wildman–Crippen LogP) is 1.56. The molecule has 1 amide bonds. The number of carbonyl (C=O) groups excluding carboxylic acids is 1. The Morgan fingerprint density at radius 2 is 1.80 bits per heavy atom. The number of piperidine rings is 1. The third-order valence-corrected chi connectivity index (χ3v) is 3.43. The third-order valence-electron chi connectivity index (χ3n) is 3.43. The molecule has 5 nitrogen and oxygen atoms in total. The Labute approximate surface area is 114 Å². The molecule has 1 heterocycles. The van der Waals surface area contributed by atoms with Crippen LogP contribution < -0.4 is 5.73 Å². The molecule has 1 aromatic carbocycles. The fourth-order valence-electron chi connectivity index (χ4n) is 2.32. The van der Waals surface area contributed by atoms with Crippen LogP contribution in [-0.2, 0) is 0 Å². The summed E-state index contributed by atoms with van der Waals surface area (Å²) in [5, 5.41) is 11.6. The van der Waals surface area contributed by atoms with Crippen molar-refractivity contribution in [1.82, 2.24) is 4.90 Å². The zero-order chi connectivity index (χ0) is 14.7. The van der Waals surface area contributed by atoms with Crippen molar-refractivity contribution in [3.05, 3.63) is 35.4 Å². The molecule has 1 aromatic rings. The average Bonchev–Trinajstić information content (AvgIpc) is 2.45. The van der Waals surface area contributed by atoms with Gasteiger partial charge in [0, 0.05) is 30.6 Å². The minimum atomic E-state index is -0.778. The van der Waals surface area contributed by atoms with E-state index in [1.54, 1.807) is 0 Å². The Morgan fingerprint density at radius 3 is 2.30 bits per heavy atom. The van der Waals surface area contributed by atoms with E-state index in [-0.39, 0.29) is 17.3 Å². The number of hydrogen-bond donors (Lipinski definition) is 2. The van der Waals surface area contributed by atoms with Gasteiger partial charge in [0.05, 0.1) is 0 Å². The van der Waals surface area contributed by atoms with Crippen LogP contribution in [0.5, 0.6) is 0 Å². The number of nitrogens with zero attached hydrogens (tertiary/aromatic N) is 2. The largest absolute Gasteiger partial charge is 0.409 e. The molecule has 0 bridgehead atoms. The summed E-state index contributed by atoms with van der Waals surface area (Å²) in [6.45, 7) is 0.801. The van der Waals surface area contributed by atoms with Gasteiger partial charge in [-0.05, 0) is 25.0 Å². The van der Waals surface area contributed by atoms with Crippen LogP contribution in [0.3, 0.4) is 0 Å². The van der Waals surface area contributed by atoms with E-state index < -0.39 is 17.5 Å². The van der Waals surface area contributed by atoms with Gasteiger partial charge in [0.2, 0.25) is 0 Å². The van der Waals surface area contributed by atoms with Gasteiger partial charge < -0.3 is 15.8 Å². The van der Waals surface area contributed by atoms with Crippen molar-refractivity contribution in [3.63, 3.8) is 0 Å². The van der Waals surface area contributed by atoms with E-state index in [2.05, 4.69) is 5.16 Å². The van der Waals surface area contributed by atoms with E-state index in [0.717, 1.165) is 18.2 Å². The van der Waals surface area contributed by atoms with Gasteiger partial charge in [-0.25, -0.2) is 8.78 Å². The van der Waals surface area contributed by atoms with Crippen LogP contribution in [0, 0.1) is 17.6 Å². The summed E-state index contributed by atoms with van der Waals surface area (Å²) >= 11 is 0. The van der Waals surface area contributed by atoms with Crippen molar-refractivity contribution < 1.29 is 18.8 Å². The van der Waals surface area contributed by atoms with Gasteiger partial charge in [-0.3, -0.25) is 4.79 Å². The summed E-state index contributed by atoms with van der Waals surface area (Å²) in [5.41, 5.74) is 5.51. The molecule has 0 radical (unpaired) electrons. The summed E-state index contributed by atoms with van der Waals surface area (Å²) in [6, 6.07) is 2.75. The first-order chi connectivity index (χ1) is 9.51. The van der Waals surface area contributed by atoms with Crippen molar-refractivity contribution in [2.24, 2.45) is 16.8 Å². The first-order valence-electron chi connectivity index (χ1n) is 6.24. The summed E-state index contributed by atoms with van der Waals surface area (Å²) < 4.78 is 26.2. The smallest absolute Gasteiger partial charge is 0.254 e. The van der Waals surface area contributed by atoms with E-state index in [0.29, 0.717) is 25.9 Å². The lowest BCUT2D eigenvalue weighted by atomic mass is 9.95. The fraction of sp³-hybridized carbons (Fsp3) is 0.385. The van der Waals surface area contributed by atoms with Gasteiger partial charge in [-0.2, -0.15) is 0 Å². The number of likely N-dealkylation sites (tertiary alicyclic amines) is 1. The van der Waals surface area contributed by atoms with Crippen molar-refractivity contribution in [3.8, 4) is 0 Å². The van der Waals surface area contributed by atoms with Crippen molar-refractivity contribution in [2.75, 3.05) is 13.1 Å². The van der Waals surface area contributed by atoms with Crippen LogP contribution in [0.25, 0.3) is 0 Å². The van der Waals surface area contributed by atoms with E-state index in [4.69, 9.17) is 10.9 Å². The number of halogens is 2. The highest BCUT2D eigenvalue weighted by Crippen LogP contribution is 2.20. The number of hydrogen-bond acceptors (Lipinski definition) is 3. The van der Waals surface area contributed by atoms with Gasteiger partial charge in [-0.1, -0.05) is 5.16 Å². The highest BCUT2D eigenvalue weighted by Gasteiger charge is 2.26. The van der Waals surface area contributed by atoms with Gasteiger partial charge in [0.1, 0.15) is 17.5 Å². The summed E-state index contributed by atoms with van der Waals surface area (Å²) in [6.07, 6.45) is 1.11. The molecule has 20 heavy (non-hydrogen) atoms. The van der Waals surface area contributed by atoms with Crippen LogP contribution in [0.4, 0.5) is 8.78 Å². The molecular formula is C13H15F2N3O2. The minimum Gasteiger partial charge on any atom is -0.409 e. The van der Waals surface area contributed by atoms with Gasteiger partial charge >= 0.3 is 0 Å². The van der Waals surface area contributed by atoms with E-state index in [1.807, 2.05) is 0 Å². The van der Waals surface area contributed by atoms with Crippen LogP contribution in [0.15, 0.2) is 23.4 Å². The van der Waals surface area contributed by atoms with Crippen molar-refractivity contribution in [2.45, 2.75) is 12.8 Å². The average molecular weight is 283 g/mol. The second-order valence-electron chi connectivity index (χ2n) is 4.75. The second kappa shape index (κ2) is 5.85. The maximum atomic E-state index is 13.1. The first kappa shape index (κ1) is 14.2. The zero-order valence-corrected chi connectivity index (χ0v) is 10.7. The molecule has 0 saturated carbocycles. The topological polar surface area (TPSA) is 78.9 Å². The quantitative estimate of drug-likeness (QED) is 0.374. The first-order valence-corrected chi connectivity index (χ1v) is 6.24. The molecule has 7 heteroatoms. The molecule has 0 aromatic heterocycles. The number of amidine groups is 1. The molecule has 2 rings (SSSR count). The van der Waals surface area contributed by atoms with Gasteiger partial charge in [0.15, 0.2) is 0 Å². The van der Waals surface area contributed by atoms with Gasteiger partial charge in [0.25, 0.3) is 5.91 Å². The summed E-state index contributed by atoms with van der Waals surface area (Å²) in [7, 11) is 0. The Morgan fingerprint density at radius 1 is 1.25 bits per heavy atom. The monoisotopic (exact) mass is 283 g/mol. The molecule has 1 saturated heterocycles. The molecule has 1 aliphatic heterocycles. The Hall–Kier alpha value is -2.18. The minimum absolute atomic E-state index is 0.00949. The number of amides is 1. The molecule has 3 N–H and O–H groups in total. The highest BCUT2D eigenvalue weighted by molar-refractivity contribution is 5.94. The zero-order valence-electron chi connectivity index (χ0n) is 10.7. The maximum absolute atomic E-state index is 13.1. The molecule has 1 aliphatic rings. The van der Waals surface area contributed by atoms with Gasteiger partial charge in [-0.15, -0.1) is 0 Å².